The number of fused-ring (bicyclic) bond motifs is 5. The van der Waals surface area contributed by atoms with E-state index in [-0.39, 0.29) is 12.1 Å². The van der Waals surface area contributed by atoms with Crippen LogP contribution in [-0.2, 0) is 9.53 Å². The van der Waals surface area contributed by atoms with Crippen molar-refractivity contribution in [2.75, 3.05) is 0 Å². The summed E-state index contributed by atoms with van der Waals surface area (Å²) in [6.45, 7) is 14.9. The Morgan fingerprint density at radius 1 is 0.830 bits per heavy atom. The van der Waals surface area contributed by atoms with Crippen LogP contribution in [-0.4, -0.2) is 12.1 Å². The van der Waals surface area contributed by atoms with E-state index < -0.39 is 0 Å². The van der Waals surface area contributed by atoms with Crippen molar-refractivity contribution >= 4 is 5.97 Å². The minimum atomic E-state index is 0.0477. The van der Waals surface area contributed by atoms with Gasteiger partial charge in [0.25, 0.3) is 0 Å². The van der Waals surface area contributed by atoms with E-state index in [0.717, 1.165) is 67.6 Å². The van der Waals surface area contributed by atoms with Crippen LogP contribution >= 0.6 is 0 Å². The van der Waals surface area contributed by atoms with Crippen molar-refractivity contribution in [3.8, 4) is 0 Å². The number of carbonyl (C=O) groups excluding carboxylic acids is 1. The quantitative estimate of drug-likeness (QED) is 0.0746. The lowest BCUT2D eigenvalue weighted by atomic mass is 9.47. The van der Waals surface area contributed by atoms with Crippen LogP contribution in [0, 0.1) is 46.3 Å². The second kappa shape index (κ2) is 19.2. The summed E-state index contributed by atoms with van der Waals surface area (Å²) in [6, 6.07) is 0. The molecule has 0 amide bonds. The van der Waals surface area contributed by atoms with Crippen LogP contribution < -0.4 is 0 Å². The van der Waals surface area contributed by atoms with Gasteiger partial charge in [0.1, 0.15) is 6.10 Å². The Bertz CT molecular complexity index is 1020. The molecule has 47 heavy (non-hydrogen) atoms. The highest BCUT2D eigenvalue weighted by molar-refractivity contribution is 5.69. The SMILES string of the molecule is CCCCC/C=C/C/C=C/CCCCCCCC(=O)O[C@@H]1CC[C@@]2(C)C(=CC[C@H]3[C@@H]4CC[C@H]([C@H](C)CCCC(C)C)[C@@]4(C)CC[C@@H]32)C1. The molecule has 3 fully saturated rings. The third kappa shape index (κ3) is 10.6. The van der Waals surface area contributed by atoms with Gasteiger partial charge in [0.2, 0.25) is 0 Å². The van der Waals surface area contributed by atoms with Crippen LogP contribution in [0.4, 0.5) is 0 Å². The first-order valence-corrected chi connectivity index (χ1v) is 20.9. The Hall–Kier alpha value is -1.31. The molecule has 0 unspecified atom stereocenters. The van der Waals surface area contributed by atoms with Crippen molar-refractivity contribution in [2.45, 2.75) is 195 Å². The zero-order valence-electron chi connectivity index (χ0n) is 32.0. The maximum atomic E-state index is 12.8. The highest BCUT2D eigenvalue weighted by Gasteiger charge is 2.59. The average Bonchev–Trinajstić information content (AvgIpc) is 3.40. The Morgan fingerprint density at radius 3 is 2.30 bits per heavy atom. The van der Waals surface area contributed by atoms with E-state index in [2.05, 4.69) is 71.9 Å². The van der Waals surface area contributed by atoms with Gasteiger partial charge in [-0.2, -0.15) is 0 Å². The molecule has 0 bridgehead atoms. The molecule has 0 aromatic rings. The maximum absolute atomic E-state index is 12.8. The molecular weight excluding hydrogens is 572 g/mol. The highest BCUT2D eigenvalue weighted by Crippen LogP contribution is 2.67. The Morgan fingerprint density at radius 2 is 1.55 bits per heavy atom. The van der Waals surface area contributed by atoms with Crippen LogP contribution in [0.2, 0.25) is 0 Å². The predicted molar refractivity (Wildman–Crippen MR) is 202 cm³/mol. The summed E-state index contributed by atoms with van der Waals surface area (Å²) in [6.07, 6.45) is 40.5. The van der Waals surface area contributed by atoms with E-state index in [4.69, 9.17) is 4.74 Å². The first kappa shape index (κ1) is 38.5. The van der Waals surface area contributed by atoms with Crippen molar-refractivity contribution in [3.63, 3.8) is 0 Å². The fourth-order valence-electron chi connectivity index (χ4n) is 11.1. The fraction of sp³-hybridized carbons (Fsp3) is 0.844. The van der Waals surface area contributed by atoms with Crippen LogP contribution in [0.1, 0.15) is 189 Å². The summed E-state index contributed by atoms with van der Waals surface area (Å²) in [4.78, 5) is 12.8. The topological polar surface area (TPSA) is 26.3 Å². The summed E-state index contributed by atoms with van der Waals surface area (Å²) in [5.74, 6) is 5.30. The average molecular weight is 649 g/mol. The maximum Gasteiger partial charge on any atom is 0.306 e. The lowest BCUT2D eigenvalue weighted by Gasteiger charge is -2.58. The molecule has 2 heteroatoms. The van der Waals surface area contributed by atoms with Gasteiger partial charge in [0, 0.05) is 12.8 Å². The largest absolute Gasteiger partial charge is 0.462 e. The smallest absolute Gasteiger partial charge is 0.306 e. The van der Waals surface area contributed by atoms with E-state index >= 15 is 0 Å². The first-order valence-electron chi connectivity index (χ1n) is 20.9. The predicted octanol–water partition coefficient (Wildman–Crippen LogP) is 13.8. The molecule has 4 aliphatic carbocycles. The van der Waals surface area contributed by atoms with Crippen LogP contribution in [0.25, 0.3) is 0 Å². The number of ether oxygens (including phenoxy) is 1. The van der Waals surface area contributed by atoms with E-state index in [1.54, 1.807) is 5.57 Å². The molecule has 0 aromatic carbocycles. The zero-order valence-corrected chi connectivity index (χ0v) is 32.0. The molecule has 268 valence electrons. The molecule has 0 spiro atoms. The molecule has 4 rings (SSSR count). The molecular formula is C45H76O2. The van der Waals surface area contributed by atoms with Crippen molar-refractivity contribution < 1.29 is 9.53 Å². The molecule has 4 aliphatic rings. The molecule has 8 atom stereocenters. The Balaban J connectivity index is 1.13. The van der Waals surface area contributed by atoms with E-state index in [0.29, 0.717) is 17.3 Å². The van der Waals surface area contributed by atoms with Crippen molar-refractivity contribution in [3.05, 3.63) is 36.0 Å². The summed E-state index contributed by atoms with van der Waals surface area (Å²) < 4.78 is 6.12. The molecule has 0 radical (unpaired) electrons. The van der Waals surface area contributed by atoms with Crippen molar-refractivity contribution in [2.24, 2.45) is 46.3 Å². The van der Waals surface area contributed by atoms with Crippen molar-refractivity contribution in [1.29, 1.82) is 0 Å². The van der Waals surface area contributed by atoms with Gasteiger partial charge in [-0.25, -0.2) is 0 Å². The number of allylic oxidation sites excluding steroid dienone is 5. The van der Waals surface area contributed by atoms with Crippen molar-refractivity contribution in [1.82, 2.24) is 0 Å². The number of esters is 1. The normalized spacial score (nSPS) is 32.7. The van der Waals surface area contributed by atoms with Gasteiger partial charge < -0.3 is 4.74 Å². The van der Waals surface area contributed by atoms with Gasteiger partial charge in [-0.3, -0.25) is 4.79 Å². The van der Waals surface area contributed by atoms with Gasteiger partial charge in [0.15, 0.2) is 0 Å². The molecule has 3 saturated carbocycles. The van der Waals surface area contributed by atoms with Crippen LogP contribution in [0.5, 0.6) is 0 Å². The summed E-state index contributed by atoms with van der Waals surface area (Å²) in [5, 5.41) is 0. The molecule has 0 N–H and O–H groups in total. The summed E-state index contributed by atoms with van der Waals surface area (Å²) >= 11 is 0. The zero-order chi connectivity index (χ0) is 33.7. The minimum Gasteiger partial charge on any atom is -0.462 e. The Kier molecular flexibility index (Phi) is 15.7. The van der Waals surface area contributed by atoms with Gasteiger partial charge in [0.05, 0.1) is 0 Å². The fourth-order valence-corrected chi connectivity index (χ4v) is 11.1. The molecule has 0 heterocycles. The summed E-state index contributed by atoms with van der Waals surface area (Å²) in [5.41, 5.74) is 2.52. The van der Waals surface area contributed by atoms with Gasteiger partial charge in [-0.05, 0) is 130 Å². The second-order valence-corrected chi connectivity index (χ2v) is 17.6. The third-order valence-electron chi connectivity index (χ3n) is 13.9. The van der Waals surface area contributed by atoms with Gasteiger partial charge >= 0.3 is 5.97 Å². The van der Waals surface area contributed by atoms with E-state index in [9.17, 15) is 4.79 Å². The van der Waals surface area contributed by atoms with Crippen LogP contribution in [0.15, 0.2) is 36.0 Å². The van der Waals surface area contributed by atoms with E-state index in [1.807, 2.05) is 0 Å². The van der Waals surface area contributed by atoms with Gasteiger partial charge in [-0.15, -0.1) is 0 Å². The standard InChI is InChI=1S/C45H76O2/c1-7-8-9-10-11-12-13-14-15-16-17-18-19-20-21-25-43(46)47-38-30-32-44(5)37(34-38)26-27-39-41-29-28-40(36(4)24-22-23-35(2)3)45(41,6)33-31-42(39)44/h11-12,14-15,26,35-36,38-42H,7-10,13,16-25,27-34H2,1-6H3/b12-11+,15-14+/t36-,38-,39+,40-,41+,42+,44+,45-/m1/s1. The van der Waals surface area contributed by atoms with Gasteiger partial charge in [-0.1, -0.05) is 129 Å². The molecule has 0 aromatic heterocycles. The summed E-state index contributed by atoms with van der Waals surface area (Å²) in [7, 11) is 0. The lowest BCUT2D eigenvalue weighted by Crippen LogP contribution is -2.51. The molecule has 0 saturated heterocycles. The minimum absolute atomic E-state index is 0.0477. The number of carbonyl (C=O) groups is 1. The molecule has 0 aliphatic heterocycles. The van der Waals surface area contributed by atoms with Crippen LogP contribution in [0.3, 0.4) is 0 Å². The monoisotopic (exact) mass is 649 g/mol. The van der Waals surface area contributed by atoms with E-state index in [1.165, 1.54) is 109 Å². The number of unbranched alkanes of at least 4 members (excludes halogenated alkanes) is 8. The third-order valence-corrected chi connectivity index (χ3v) is 13.9. The Labute approximate surface area is 292 Å². The molecule has 2 nitrogen and oxygen atoms in total. The number of hydrogen-bond acceptors (Lipinski definition) is 2. The number of hydrogen-bond donors (Lipinski definition) is 0. The number of rotatable bonds is 20. The first-order chi connectivity index (χ1) is 22.7. The highest BCUT2D eigenvalue weighted by atomic mass is 16.5. The second-order valence-electron chi connectivity index (χ2n) is 17.6. The lowest BCUT2D eigenvalue weighted by molar-refractivity contribution is -0.151.